The first-order valence-electron chi connectivity index (χ1n) is 8.85. The average Bonchev–Trinajstić information content (AvgIpc) is 2.86. The normalized spacial score (nSPS) is 21.8. The van der Waals surface area contributed by atoms with Crippen LogP contribution in [0.2, 0.25) is 0 Å². The van der Waals surface area contributed by atoms with E-state index in [2.05, 4.69) is 15.3 Å². The summed E-state index contributed by atoms with van der Waals surface area (Å²) in [5.74, 6) is 0.713. The number of morpholine rings is 1. The highest BCUT2D eigenvalue weighted by Crippen LogP contribution is 2.25. The second-order valence-electron chi connectivity index (χ2n) is 6.37. The first-order valence-corrected chi connectivity index (χ1v) is 8.85. The van der Waals surface area contributed by atoms with Crippen LogP contribution in [0.25, 0.3) is 0 Å². The third kappa shape index (κ3) is 4.25. The van der Waals surface area contributed by atoms with Crippen LogP contribution in [0.3, 0.4) is 0 Å². The number of nitrogens with zero attached hydrogens (tertiary/aromatic N) is 4. The van der Waals surface area contributed by atoms with Gasteiger partial charge in [-0.3, -0.25) is 14.6 Å². The summed E-state index contributed by atoms with van der Waals surface area (Å²) >= 11 is 0. The molecule has 2 aliphatic heterocycles. The van der Waals surface area contributed by atoms with Gasteiger partial charge in [0.25, 0.3) is 0 Å². The summed E-state index contributed by atoms with van der Waals surface area (Å²) in [6.45, 7) is 2.24. The van der Waals surface area contributed by atoms with Crippen molar-refractivity contribution in [3.8, 4) is 0 Å². The van der Waals surface area contributed by atoms with Gasteiger partial charge < -0.3 is 19.9 Å². The predicted octanol–water partition coefficient (Wildman–Crippen LogP) is 0.821. The summed E-state index contributed by atoms with van der Waals surface area (Å²) in [4.78, 5) is 36.8. The molecular formula is C17H25N5O3. The SMILES string of the molecule is CNc1nccnc1[C@@H]1CN(C(=O)CN2CCCCCC2=O)CCO1. The Bertz CT molecular complexity index is 624. The monoisotopic (exact) mass is 347 g/mol. The number of aromatic nitrogens is 2. The van der Waals surface area contributed by atoms with Gasteiger partial charge in [-0.25, -0.2) is 4.98 Å². The van der Waals surface area contributed by atoms with E-state index in [-0.39, 0.29) is 24.5 Å². The molecule has 0 radical (unpaired) electrons. The zero-order chi connectivity index (χ0) is 17.6. The lowest BCUT2D eigenvalue weighted by Gasteiger charge is -2.34. The van der Waals surface area contributed by atoms with Crippen LogP contribution in [0.5, 0.6) is 0 Å². The molecule has 0 unspecified atom stereocenters. The van der Waals surface area contributed by atoms with Crippen LogP contribution in [0, 0.1) is 0 Å². The lowest BCUT2D eigenvalue weighted by molar-refractivity contribution is -0.145. The Hall–Kier alpha value is -2.22. The van der Waals surface area contributed by atoms with Gasteiger partial charge in [0.05, 0.1) is 19.7 Å². The predicted molar refractivity (Wildman–Crippen MR) is 91.9 cm³/mol. The van der Waals surface area contributed by atoms with Gasteiger partial charge in [0.2, 0.25) is 11.8 Å². The molecule has 8 heteroatoms. The summed E-state index contributed by atoms with van der Waals surface area (Å²) in [6.07, 6.45) is 6.41. The topological polar surface area (TPSA) is 87.7 Å². The smallest absolute Gasteiger partial charge is 0.242 e. The maximum absolute atomic E-state index is 12.7. The minimum Gasteiger partial charge on any atom is -0.372 e. The molecule has 1 aromatic heterocycles. The van der Waals surface area contributed by atoms with Gasteiger partial charge in [-0.15, -0.1) is 0 Å². The van der Waals surface area contributed by atoms with E-state index < -0.39 is 0 Å². The molecule has 1 atom stereocenters. The highest BCUT2D eigenvalue weighted by Gasteiger charge is 2.30. The van der Waals surface area contributed by atoms with Crippen molar-refractivity contribution in [2.45, 2.75) is 31.8 Å². The number of hydrogen-bond donors (Lipinski definition) is 1. The highest BCUT2D eigenvalue weighted by atomic mass is 16.5. The van der Waals surface area contributed by atoms with Gasteiger partial charge in [-0.1, -0.05) is 6.42 Å². The average molecular weight is 347 g/mol. The van der Waals surface area contributed by atoms with Crippen LogP contribution in [-0.2, 0) is 14.3 Å². The van der Waals surface area contributed by atoms with E-state index in [4.69, 9.17) is 4.74 Å². The molecular weight excluding hydrogens is 322 g/mol. The van der Waals surface area contributed by atoms with E-state index >= 15 is 0 Å². The van der Waals surface area contributed by atoms with Gasteiger partial charge in [0.15, 0.2) is 0 Å². The quantitative estimate of drug-likeness (QED) is 0.868. The summed E-state index contributed by atoms with van der Waals surface area (Å²) in [6, 6.07) is 0. The second-order valence-corrected chi connectivity index (χ2v) is 6.37. The summed E-state index contributed by atoms with van der Waals surface area (Å²) in [5.41, 5.74) is 0.702. The molecule has 3 heterocycles. The largest absolute Gasteiger partial charge is 0.372 e. The van der Waals surface area contributed by atoms with Crippen LogP contribution >= 0.6 is 0 Å². The van der Waals surface area contributed by atoms with Crippen molar-refractivity contribution in [1.29, 1.82) is 0 Å². The zero-order valence-electron chi connectivity index (χ0n) is 14.6. The van der Waals surface area contributed by atoms with E-state index in [0.29, 0.717) is 44.2 Å². The molecule has 136 valence electrons. The molecule has 0 aromatic carbocycles. The fourth-order valence-corrected chi connectivity index (χ4v) is 3.29. The number of rotatable bonds is 4. The Morgan fingerprint density at radius 2 is 2.12 bits per heavy atom. The Balaban J connectivity index is 1.64. The zero-order valence-corrected chi connectivity index (χ0v) is 14.6. The van der Waals surface area contributed by atoms with E-state index in [9.17, 15) is 9.59 Å². The molecule has 0 bridgehead atoms. The number of likely N-dealkylation sites (tertiary alicyclic amines) is 1. The van der Waals surface area contributed by atoms with E-state index in [1.54, 1.807) is 29.2 Å². The molecule has 2 amide bonds. The lowest BCUT2D eigenvalue weighted by Crippen LogP contribution is -2.48. The van der Waals surface area contributed by atoms with Crippen molar-refractivity contribution < 1.29 is 14.3 Å². The third-order valence-corrected chi connectivity index (χ3v) is 4.68. The Morgan fingerprint density at radius 1 is 1.28 bits per heavy atom. The molecule has 1 N–H and O–H groups in total. The molecule has 2 aliphatic rings. The minimum atomic E-state index is -0.311. The summed E-state index contributed by atoms with van der Waals surface area (Å²) in [7, 11) is 1.78. The highest BCUT2D eigenvalue weighted by molar-refractivity contribution is 5.85. The number of ether oxygens (including phenoxy) is 1. The minimum absolute atomic E-state index is 0.0292. The molecule has 2 fully saturated rings. The van der Waals surface area contributed by atoms with Crippen molar-refractivity contribution >= 4 is 17.6 Å². The Kier molecular flexibility index (Phi) is 5.80. The first kappa shape index (κ1) is 17.6. The van der Waals surface area contributed by atoms with E-state index in [0.717, 1.165) is 19.3 Å². The van der Waals surface area contributed by atoms with Crippen LogP contribution in [0.1, 0.15) is 37.5 Å². The number of carbonyl (C=O) groups is 2. The molecule has 1 aromatic rings. The molecule has 25 heavy (non-hydrogen) atoms. The van der Waals surface area contributed by atoms with Crippen LogP contribution in [0.15, 0.2) is 12.4 Å². The van der Waals surface area contributed by atoms with Gasteiger partial charge in [0, 0.05) is 39.0 Å². The van der Waals surface area contributed by atoms with Crippen LogP contribution in [0.4, 0.5) is 5.82 Å². The van der Waals surface area contributed by atoms with Gasteiger partial charge in [0.1, 0.15) is 17.6 Å². The number of nitrogens with one attached hydrogen (secondary N) is 1. The third-order valence-electron chi connectivity index (χ3n) is 4.68. The van der Waals surface area contributed by atoms with Crippen molar-refractivity contribution in [2.75, 3.05) is 45.2 Å². The lowest BCUT2D eigenvalue weighted by atomic mass is 10.2. The van der Waals surface area contributed by atoms with E-state index in [1.807, 2.05) is 0 Å². The second kappa shape index (κ2) is 8.24. The van der Waals surface area contributed by atoms with Crippen molar-refractivity contribution in [3.05, 3.63) is 18.1 Å². The number of anilines is 1. The first-order chi connectivity index (χ1) is 12.2. The Morgan fingerprint density at radius 3 is 2.96 bits per heavy atom. The van der Waals surface area contributed by atoms with E-state index in [1.165, 1.54) is 0 Å². The maximum atomic E-state index is 12.7. The summed E-state index contributed by atoms with van der Waals surface area (Å²) < 4.78 is 5.80. The van der Waals surface area contributed by atoms with Crippen molar-refractivity contribution in [1.82, 2.24) is 19.8 Å². The van der Waals surface area contributed by atoms with Crippen LogP contribution in [-0.4, -0.2) is 71.4 Å². The van der Waals surface area contributed by atoms with Crippen molar-refractivity contribution in [3.63, 3.8) is 0 Å². The van der Waals surface area contributed by atoms with Gasteiger partial charge >= 0.3 is 0 Å². The van der Waals surface area contributed by atoms with Crippen molar-refractivity contribution in [2.24, 2.45) is 0 Å². The van der Waals surface area contributed by atoms with Gasteiger partial charge in [-0.2, -0.15) is 0 Å². The molecule has 2 saturated heterocycles. The standard InChI is InChI=1S/C17H25N5O3/c1-18-17-16(19-6-7-20-17)13-11-22(9-10-25-13)15(24)12-21-8-4-2-3-5-14(21)23/h6-7,13H,2-5,8-12H2,1H3,(H,18,20)/t13-/m0/s1. The number of amides is 2. The maximum Gasteiger partial charge on any atom is 0.242 e. The molecule has 0 saturated carbocycles. The van der Waals surface area contributed by atoms with Gasteiger partial charge in [-0.05, 0) is 12.8 Å². The molecule has 0 spiro atoms. The fourth-order valence-electron chi connectivity index (χ4n) is 3.29. The molecule has 0 aliphatic carbocycles. The number of hydrogen-bond acceptors (Lipinski definition) is 6. The molecule has 8 nitrogen and oxygen atoms in total. The van der Waals surface area contributed by atoms with Crippen LogP contribution < -0.4 is 5.32 Å². The fraction of sp³-hybridized carbons (Fsp3) is 0.647. The number of carbonyl (C=O) groups excluding carboxylic acids is 2. The Labute approximate surface area is 147 Å². The molecule has 3 rings (SSSR count). The summed E-state index contributed by atoms with van der Waals surface area (Å²) in [5, 5.41) is 3.01.